The first-order valence-electron chi connectivity index (χ1n) is 4.42. The fourth-order valence-electron chi connectivity index (χ4n) is 1.20. The van der Waals surface area contributed by atoms with Gasteiger partial charge in [-0.2, -0.15) is 0 Å². The highest BCUT2D eigenvalue weighted by Gasteiger charge is 2.11. The van der Waals surface area contributed by atoms with Gasteiger partial charge < -0.3 is 10.8 Å². The lowest BCUT2D eigenvalue weighted by Crippen LogP contribution is -2.30. The average Bonchev–Trinajstić information content (AvgIpc) is 2.12. The van der Waals surface area contributed by atoms with Gasteiger partial charge in [0.2, 0.25) is 0 Å². The minimum atomic E-state index is -0.997. The molecule has 0 fully saturated rings. The number of nitrogens with two attached hydrogens (primary N) is 1. The number of aryl methyl sites for hydroxylation is 1. The van der Waals surface area contributed by atoms with Crippen LogP contribution in [-0.2, 0) is 11.2 Å². The van der Waals surface area contributed by atoms with Gasteiger partial charge in [0.15, 0.2) is 0 Å². The molecule has 0 aliphatic carbocycles. The van der Waals surface area contributed by atoms with Crippen molar-refractivity contribution in [1.29, 1.82) is 0 Å². The van der Waals surface area contributed by atoms with Gasteiger partial charge in [0.05, 0.1) is 0 Å². The van der Waals surface area contributed by atoms with Gasteiger partial charge in [-0.25, -0.2) is 0 Å². The molecule has 1 aromatic rings. The number of carboxylic acid groups (broad SMARTS) is 1. The molecule has 1 aromatic carbocycles. The van der Waals surface area contributed by atoms with Crippen LogP contribution in [0.4, 0.5) is 0 Å². The predicted molar refractivity (Wildman–Crippen MR) is 60.4 cm³/mol. The number of benzene rings is 1. The molecule has 1 unspecified atom stereocenters. The Morgan fingerprint density at radius 1 is 1.33 bits per heavy atom. The van der Waals surface area contributed by atoms with Gasteiger partial charge in [0, 0.05) is 10.0 Å². The second kappa shape index (κ2) is 5.35. The number of carbonyl (C=O) groups is 1. The van der Waals surface area contributed by atoms with Crippen LogP contribution in [0.1, 0.15) is 12.0 Å². The topological polar surface area (TPSA) is 63.3 Å². The van der Waals surface area contributed by atoms with Crippen LogP contribution in [-0.4, -0.2) is 17.1 Å². The number of aliphatic carboxylic acids is 1. The molecule has 3 N–H and O–H groups in total. The Bertz CT molecular complexity index is 348. The van der Waals surface area contributed by atoms with Gasteiger partial charge in [-0.05, 0) is 36.6 Å². The molecule has 5 heteroatoms. The van der Waals surface area contributed by atoms with Gasteiger partial charge in [0.1, 0.15) is 6.04 Å². The largest absolute Gasteiger partial charge is 0.480 e. The molecule has 15 heavy (non-hydrogen) atoms. The van der Waals surface area contributed by atoms with E-state index in [-0.39, 0.29) is 0 Å². The van der Waals surface area contributed by atoms with Crippen LogP contribution < -0.4 is 5.73 Å². The molecule has 0 aromatic heterocycles. The van der Waals surface area contributed by atoms with Gasteiger partial charge in [-0.15, -0.1) is 0 Å². The van der Waals surface area contributed by atoms with Crippen LogP contribution in [0.5, 0.6) is 0 Å². The molecule has 0 aliphatic heterocycles. The van der Waals surface area contributed by atoms with Crippen LogP contribution in [0, 0.1) is 0 Å². The Morgan fingerprint density at radius 3 is 2.33 bits per heavy atom. The van der Waals surface area contributed by atoms with Gasteiger partial charge in [-0.1, -0.05) is 23.2 Å². The maximum Gasteiger partial charge on any atom is 0.320 e. The fraction of sp³-hybridized carbons (Fsp3) is 0.300. The first-order chi connectivity index (χ1) is 6.99. The minimum absolute atomic E-state index is 0.367. The Kier molecular flexibility index (Phi) is 4.39. The SMILES string of the molecule is NC(CCc1cc(Cl)cc(Cl)c1)C(=O)O. The summed E-state index contributed by atoms with van der Waals surface area (Å²) in [6, 6.07) is 4.29. The van der Waals surface area contributed by atoms with E-state index < -0.39 is 12.0 Å². The molecule has 0 aliphatic rings. The number of hydrogen-bond donors (Lipinski definition) is 2. The number of halogens is 2. The third kappa shape index (κ3) is 4.08. The van der Waals surface area contributed by atoms with Gasteiger partial charge in [-0.3, -0.25) is 4.79 Å². The zero-order valence-corrected chi connectivity index (χ0v) is 9.42. The molecule has 0 radical (unpaired) electrons. The first-order valence-corrected chi connectivity index (χ1v) is 5.18. The molecule has 0 saturated carbocycles. The van der Waals surface area contributed by atoms with Gasteiger partial charge >= 0.3 is 5.97 Å². The van der Waals surface area contributed by atoms with Crippen LogP contribution in [0.25, 0.3) is 0 Å². The second-order valence-corrected chi connectivity index (χ2v) is 4.13. The highest BCUT2D eigenvalue weighted by Crippen LogP contribution is 2.20. The monoisotopic (exact) mass is 247 g/mol. The normalized spacial score (nSPS) is 12.5. The molecule has 0 saturated heterocycles. The summed E-state index contributed by atoms with van der Waals surface area (Å²) in [6.07, 6.45) is 0.916. The highest BCUT2D eigenvalue weighted by molar-refractivity contribution is 6.34. The summed E-state index contributed by atoms with van der Waals surface area (Å²) in [5, 5.41) is 9.68. The first kappa shape index (κ1) is 12.3. The Hall–Kier alpha value is -0.770. The molecule has 0 heterocycles. The summed E-state index contributed by atoms with van der Waals surface area (Å²) in [7, 11) is 0. The summed E-state index contributed by atoms with van der Waals surface area (Å²) in [6.45, 7) is 0. The van der Waals surface area contributed by atoms with Crippen LogP contribution >= 0.6 is 23.2 Å². The summed E-state index contributed by atoms with van der Waals surface area (Å²) < 4.78 is 0. The summed E-state index contributed by atoms with van der Waals surface area (Å²) in [5.41, 5.74) is 6.27. The fourth-order valence-corrected chi connectivity index (χ4v) is 1.77. The third-order valence-corrected chi connectivity index (χ3v) is 2.42. The van der Waals surface area contributed by atoms with Crippen molar-refractivity contribution in [2.24, 2.45) is 5.73 Å². The van der Waals surface area contributed by atoms with Crippen molar-refractivity contribution in [1.82, 2.24) is 0 Å². The molecule has 3 nitrogen and oxygen atoms in total. The third-order valence-electron chi connectivity index (χ3n) is 1.98. The van der Waals surface area contributed by atoms with E-state index in [0.717, 1.165) is 5.56 Å². The highest BCUT2D eigenvalue weighted by atomic mass is 35.5. The maximum atomic E-state index is 10.5. The van der Waals surface area contributed by atoms with Crippen molar-refractivity contribution in [3.05, 3.63) is 33.8 Å². The van der Waals surface area contributed by atoms with Crippen molar-refractivity contribution < 1.29 is 9.90 Å². The molecule has 0 bridgehead atoms. The van der Waals surface area contributed by atoms with E-state index in [2.05, 4.69) is 0 Å². The summed E-state index contributed by atoms with van der Waals surface area (Å²) in [4.78, 5) is 10.5. The van der Waals surface area contributed by atoms with Crippen molar-refractivity contribution in [3.8, 4) is 0 Å². The van der Waals surface area contributed by atoms with Gasteiger partial charge in [0.25, 0.3) is 0 Å². The van der Waals surface area contributed by atoms with E-state index in [1.165, 1.54) is 0 Å². The number of hydrogen-bond acceptors (Lipinski definition) is 2. The molecule has 82 valence electrons. The molecular formula is C10H11Cl2NO2. The van der Waals surface area contributed by atoms with E-state index in [1.54, 1.807) is 18.2 Å². The lowest BCUT2D eigenvalue weighted by atomic mass is 10.1. The Labute approximate surface area is 97.8 Å². The minimum Gasteiger partial charge on any atom is -0.480 e. The van der Waals surface area contributed by atoms with Crippen LogP contribution in [0.3, 0.4) is 0 Å². The zero-order valence-electron chi connectivity index (χ0n) is 7.91. The van der Waals surface area contributed by atoms with E-state index in [0.29, 0.717) is 22.9 Å². The van der Waals surface area contributed by atoms with E-state index in [9.17, 15) is 4.79 Å². The standard InChI is InChI=1S/C10H11Cl2NO2/c11-7-3-6(4-8(12)5-7)1-2-9(13)10(14)15/h3-5,9H,1-2,13H2,(H,14,15). The molecule has 0 amide bonds. The molecule has 0 spiro atoms. The lowest BCUT2D eigenvalue weighted by molar-refractivity contribution is -0.138. The predicted octanol–water partition coefficient (Wildman–Crippen LogP) is 2.34. The van der Waals surface area contributed by atoms with Crippen molar-refractivity contribution >= 4 is 29.2 Å². The number of carboxylic acids is 1. The molecule has 1 atom stereocenters. The zero-order chi connectivity index (χ0) is 11.4. The quantitative estimate of drug-likeness (QED) is 0.859. The van der Waals surface area contributed by atoms with Crippen molar-refractivity contribution in [2.45, 2.75) is 18.9 Å². The molecular weight excluding hydrogens is 237 g/mol. The lowest BCUT2D eigenvalue weighted by Gasteiger charge is -2.06. The smallest absolute Gasteiger partial charge is 0.320 e. The number of rotatable bonds is 4. The Balaban J connectivity index is 2.61. The average molecular weight is 248 g/mol. The van der Waals surface area contributed by atoms with E-state index in [4.69, 9.17) is 34.0 Å². The molecule has 1 rings (SSSR count). The van der Waals surface area contributed by atoms with E-state index in [1.807, 2.05) is 0 Å². The van der Waals surface area contributed by atoms with Crippen molar-refractivity contribution in [2.75, 3.05) is 0 Å². The second-order valence-electron chi connectivity index (χ2n) is 3.26. The summed E-state index contributed by atoms with van der Waals surface area (Å²) in [5.74, 6) is -0.997. The maximum absolute atomic E-state index is 10.5. The van der Waals surface area contributed by atoms with Crippen LogP contribution in [0.15, 0.2) is 18.2 Å². The summed E-state index contributed by atoms with van der Waals surface area (Å²) >= 11 is 11.6. The van der Waals surface area contributed by atoms with E-state index >= 15 is 0 Å². The Morgan fingerprint density at radius 2 is 1.87 bits per heavy atom. The van der Waals surface area contributed by atoms with Crippen LogP contribution in [0.2, 0.25) is 10.0 Å². The van der Waals surface area contributed by atoms with Crippen molar-refractivity contribution in [3.63, 3.8) is 0 Å².